The Kier molecular flexibility index (Phi) is 11.9. The monoisotopic (exact) mass is 562 g/mol. The minimum atomic E-state index is -1.55. The molecule has 1 aromatic rings. The Morgan fingerprint density at radius 2 is 1.85 bits per heavy atom. The molecule has 0 spiro atoms. The van der Waals surface area contributed by atoms with Gasteiger partial charge in [0.15, 0.2) is 0 Å². The number of aryl methyl sites for hydroxylation is 2. The van der Waals surface area contributed by atoms with Crippen LogP contribution in [0.4, 0.5) is 0 Å². The molecule has 0 saturated carbocycles. The van der Waals surface area contributed by atoms with Crippen LogP contribution in [0.3, 0.4) is 0 Å². The molecule has 40 heavy (non-hydrogen) atoms. The summed E-state index contributed by atoms with van der Waals surface area (Å²) in [4.78, 5) is 46.3. The fourth-order valence-electron chi connectivity index (χ4n) is 3.79. The lowest BCUT2D eigenvalue weighted by molar-refractivity contribution is -0.225. The van der Waals surface area contributed by atoms with Gasteiger partial charge in [-0.25, -0.2) is 9.59 Å². The molecule has 1 aliphatic heterocycles. The second-order valence-electron chi connectivity index (χ2n) is 8.98. The zero-order chi connectivity index (χ0) is 29.9. The van der Waals surface area contributed by atoms with Crippen molar-refractivity contribution in [3.63, 3.8) is 0 Å². The lowest BCUT2D eigenvalue weighted by Crippen LogP contribution is -2.39. The number of carbonyl (C=O) groups excluding carboxylic acids is 4. The molecule has 12 nitrogen and oxygen atoms in total. The highest BCUT2D eigenvalue weighted by atomic mass is 16.7. The van der Waals surface area contributed by atoms with Crippen LogP contribution in [0.2, 0.25) is 0 Å². The van der Waals surface area contributed by atoms with Crippen LogP contribution >= 0.6 is 0 Å². The van der Waals surface area contributed by atoms with Crippen LogP contribution in [-0.2, 0) is 52.3 Å². The van der Waals surface area contributed by atoms with Gasteiger partial charge in [0.05, 0.1) is 0 Å². The minimum Gasteiger partial charge on any atom is -0.480 e. The second-order valence-corrected chi connectivity index (χ2v) is 8.98. The maximum atomic E-state index is 12.6. The first-order valence-electron chi connectivity index (χ1n) is 12.2. The van der Waals surface area contributed by atoms with Crippen molar-refractivity contribution in [2.24, 2.45) is 0 Å². The number of hydrogen-bond donors (Lipinski definition) is 1. The van der Waals surface area contributed by atoms with Gasteiger partial charge in [0, 0.05) is 37.8 Å². The minimum absolute atomic E-state index is 0.139. The highest BCUT2D eigenvalue weighted by Gasteiger charge is 2.33. The van der Waals surface area contributed by atoms with E-state index in [4.69, 9.17) is 33.2 Å². The number of hydrogen-bond acceptors (Lipinski definition) is 12. The van der Waals surface area contributed by atoms with Gasteiger partial charge >= 0.3 is 11.9 Å². The third kappa shape index (κ3) is 8.42. The Hall–Kier alpha value is -4.16. The van der Waals surface area contributed by atoms with Crippen molar-refractivity contribution in [2.45, 2.75) is 58.9 Å². The second kappa shape index (κ2) is 14.8. The zero-order valence-corrected chi connectivity index (χ0v) is 23.3. The summed E-state index contributed by atoms with van der Waals surface area (Å²) in [6.07, 6.45) is 3.31. The number of carbonyl (C=O) groups is 4. The molecular formula is C28H34O12. The molecule has 2 rings (SSSR count). The van der Waals surface area contributed by atoms with Crippen molar-refractivity contribution in [3.05, 3.63) is 69.7 Å². The Labute approximate surface area is 232 Å². The largest absolute Gasteiger partial charge is 0.480 e. The van der Waals surface area contributed by atoms with E-state index in [1.165, 1.54) is 27.2 Å². The van der Waals surface area contributed by atoms with Gasteiger partial charge < -0.3 is 38.3 Å². The van der Waals surface area contributed by atoms with E-state index in [1.807, 2.05) is 0 Å². The average molecular weight is 563 g/mol. The molecule has 0 amide bonds. The van der Waals surface area contributed by atoms with Crippen LogP contribution in [0, 0.1) is 13.8 Å². The number of aliphatic hydroxyl groups is 1. The molecule has 3 atom stereocenters. The first-order valence-corrected chi connectivity index (χ1v) is 12.2. The Morgan fingerprint density at radius 3 is 2.45 bits per heavy atom. The van der Waals surface area contributed by atoms with Gasteiger partial charge in [-0.2, -0.15) is 0 Å². The molecule has 1 heterocycles. The van der Waals surface area contributed by atoms with Crippen molar-refractivity contribution < 1.29 is 57.4 Å². The van der Waals surface area contributed by atoms with Gasteiger partial charge in [-0.1, -0.05) is 12.2 Å². The number of methoxy groups -OCH3 is 2. The molecule has 1 aromatic carbocycles. The van der Waals surface area contributed by atoms with Crippen molar-refractivity contribution in [2.75, 3.05) is 20.8 Å². The normalized spacial score (nSPS) is 17.9. The van der Waals surface area contributed by atoms with Gasteiger partial charge in [-0.15, -0.1) is 0 Å². The SMILES string of the molecule is COCC(C)(OC=O)OC(=O)/C(C)=C/CC/C=C/C1=C(O)OC(c2cc(C)c(C(OC)OC=O)cc2C)OC1=O. The predicted octanol–water partition coefficient (Wildman–Crippen LogP) is 3.82. The van der Waals surface area contributed by atoms with Crippen LogP contribution in [0.15, 0.2) is 47.5 Å². The number of allylic oxidation sites excluding steroid dienone is 2. The van der Waals surface area contributed by atoms with Gasteiger partial charge in [0.25, 0.3) is 31.0 Å². The first-order chi connectivity index (χ1) is 19.0. The maximum Gasteiger partial charge on any atom is 0.348 e. The van der Waals surface area contributed by atoms with E-state index in [0.717, 1.165) is 0 Å². The van der Waals surface area contributed by atoms with Crippen molar-refractivity contribution in [1.82, 2.24) is 0 Å². The van der Waals surface area contributed by atoms with Crippen molar-refractivity contribution >= 4 is 24.9 Å². The topological polar surface area (TPSA) is 153 Å². The van der Waals surface area contributed by atoms with Crippen LogP contribution in [0.1, 0.15) is 61.5 Å². The summed E-state index contributed by atoms with van der Waals surface area (Å²) < 4.78 is 35.9. The summed E-state index contributed by atoms with van der Waals surface area (Å²) in [5.74, 6) is -3.62. The van der Waals surface area contributed by atoms with Crippen molar-refractivity contribution in [3.8, 4) is 0 Å². The molecule has 12 heteroatoms. The zero-order valence-electron chi connectivity index (χ0n) is 23.3. The number of cyclic esters (lactones) is 1. The third-order valence-electron chi connectivity index (χ3n) is 5.84. The fourth-order valence-corrected chi connectivity index (χ4v) is 3.79. The molecule has 0 aliphatic carbocycles. The summed E-state index contributed by atoms with van der Waals surface area (Å²) in [6.45, 7) is 6.78. The lowest BCUT2D eigenvalue weighted by atomic mass is 9.99. The fraction of sp³-hybridized carbons (Fsp3) is 0.429. The molecule has 218 valence electrons. The summed E-state index contributed by atoms with van der Waals surface area (Å²) in [5, 5.41) is 10.4. The smallest absolute Gasteiger partial charge is 0.348 e. The van der Waals surface area contributed by atoms with Crippen molar-refractivity contribution in [1.29, 1.82) is 0 Å². The molecule has 0 aromatic heterocycles. The molecule has 0 radical (unpaired) electrons. The number of benzene rings is 1. The molecule has 0 bridgehead atoms. The summed E-state index contributed by atoms with van der Waals surface area (Å²) in [7, 11) is 2.78. The van der Waals surface area contributed by atoms with Crippen LogP contribution in [0.5, 0.6) is 0 Å². The summed E-state index contributed by atoms with van der Waals surface area (Å²) in [6, 6.07) is 3.41. The Bertz CT molecular complexity index is 1180. The number of rotatable bonds is 15. The van der Waals surface area contributed by atoms with Gasteiger partial charge in [-0.3, -0.25) is 9.59 Å². The molecular weight excluding hydrogens is 528 g/mol. The summed E-state index contributed by atoms with van der Waals surface area (Å²) in [5.41, 5.74) is 2.57. The lowest BCUT2D eigenvalue weighted by Gasteiger charge is -2.26. The standard InChI is InChI=1S/C28H34O12/c1-17(23(31)40-28(4,14-34-5)37-16-30)10-8-7-9-11-20-24(32)38-27(39-25(20)33)22-13-18(2)21(12-19(22)3)26(35-6)36-15-29/h9-13,15-16,26-27,32H,7-8,14H2,1-6H3/b11-9+,17-10+. The molecule has 3 unspecified atom stereocenters. The number of esters is 2. The maximum absolute atomic E-state index is 12.6. The quantitative estimate of drug-likeness (QED) is 0.0825. The third-order valence-corrected chi connectivity index (χ3v) is 5.84. The van der Waals surface area contributed by atoms with E-state index >= 15 is 0 Å². The van der Waals surface area contributed by atoms with Gasteiger partial charge in [-0.05, 0) is 62.9 Å². The predicted molar refractivity (Wildman–Crippen MR) is 138 cm³/mol. The van der Waals surface area contributed by atoms with Crippen LogP contribution in [-0.4, -0.2) is 56.6 Å². The number of ether oxygens (including phenoxy) is 7. The van der Waals surface area contributed by atoms with E-state index in [1.54, 1.807) is 45.1 Å². The highest BCUT2D eigenvalue weighted by Crippen LogP contribution is 2.34. The van der Waals surface area contributed by atoms with E-state index in [9.17, 15) is 24.3 Å². The van der Waals surface area contributed by atoms with Gasteiger partial charge in [0.1, 0.15) is 12.2 Å². The Morgan fingerprint density at radius 1 is 1.12 bits per heavy atom. The Balaban J connectivity index is 2.04. The summed E-state index contributed by atoms with van der Waals surface area (Å²) >= 11 is 0. The first kappa shape index (κ1) is 32.1. The number of aliphatic hydroxyl groups excluding tert-OH is 1. The molecule has 1 N–H and O–H groups in total. The molecule has 1 aliphatic rings. The van der Waals surface area contributed by atoms with Gasteiger partial charge in [0.2, 0.25) is 6.29 Å². The highest BCUT2D eigenvalue weighted by molar-refractivity contribution is 5.92. The van der Waals surface area contributed by atoms with E-state index < -0.39 is 36.3 Å². The van der Waals surface area contributed by atoms with Crippen LogP contribution < -0.4 is 0 Å². The average Bonchev–Trinajstić information content (AvgIpc) is 2.89. The van der Waals surface area contributed by atoms with E-state index in [0.29, 0.717) is 35.1 Å². The van der Waals surface area contributed by atoms with Crippen LogP contribution in [0.25, 0.3) is 0 Å². The molecule has 0 saturated heterocycles. The van der Waals surface area contributed by atoms with E-state index in [2.05, 4.69) is 0 Å². The number of unbranched alkanes of at least 4 members (excludes halogenated alkanes) is 1. The molecule has 0 fully saturated rings. The van der Waals surface area contributed by atoms with E-state index in [-0.39, 0.29) is 30.7 Å².